The maximum absolute atomic E-state index is 13.0. The van der Waals surface area contributed by atoms with Crippen molar-refractivity contribution in [1.29, 1.82) is 0 Å². The Labute approximate surface area is 185 Å². The summed E-state index contributed by atoms with van der Waals surface area (Å²) in [4.78, 5) is 43.3. The van der Waals surface area contributed by atoms with Gasteiger partial charge in [0.05, 0.1) is 11.7 Å². The molecule has 4 rings (SSSR count). The van der Waals surface area contributed by atoms with Crippen LogP contribution >= 0.6 is 11.3 Å². The average molecular weight is 447 g/mol. The molecule has 8 heteroatoms. The lowest BCUT2D eigenvalue weighted by atomic mass is 9.89. The number of fused-ring (bicyclic) bond motifs is 1. The molecule has 0 aliphatic heterocycles. The van der Waals surface area contributed by atoms with Crippen molar-refractivity contribution < 1.29 is 19.1 Å². The summed E-state index contributed by atoms with van der Waals surface area (Å²) in [6.45, 7) is 3.77. The van der Waals surface area contributed by atoms with E-state index >= 15 is 0 Å². The van der Waals surface area contributed by atoms with Crippen molar-refractivity contribution in [3.63, 3.8) is 0 Å². The van der Waals surface area contributed by atoms with Crippen molar-refractivity contribution in [2.75, 3.05) is 0 Å². The van der Waals surface area contributed by atoms with E-state index in [4.69, 9.17) is 9.47 Å². The highest BCUT2D eigenvalue weighted by atomic mass is 32.1. The number of thiophene rings is 1. The highest BCUT2D eigenvalue weighted by Gasteiger charge is 2.25. The van der Waals surface area contributed by atoms with E-state index in [1.165, 1.54) is 28.7 Å². The molecule has 0 saturated heterocycles. The Morgan fingerprint density at radius 2 is 1.74 bits per heavy atom. The summed E-state index contributed by atoms with van der Waals surface area (Å²) >= 11 is 1.18. The fourth-order valence-corrected chi connectivity index (χ4v) is 5.59. The second-order valence-corrected chi connectivity index (χ2v) is 9.95. The molecule has 0 amide bonds. The minimum Gasteiger partial charge on any atom is -0.461 e. The van der Waals surface area contributed by atoms with Crippen LogP contribution in [0.15, 0.2) is 11.1 Å². The van der Waals surface area contributed by atoms with Crippen molar-refractivity contribution in [3.8, 4) is 0 Å². The first-order valence-electron chi connectivity index (χ1n) is 11.3. The van der Waals surface area contributed by atoms with Gasteiger partial charge >= 0.3 is 11.9 Å². The van der Waals surface area contributed by atoms with Gasteiger partial charge in [-0.05, 0) is 69.8 Å². The number of rotatable bonds is 5. The first-order chi connectivity index (χ1) is 14.9. The van der Waals surface area contributed by atoms with Crippen LogP contribution in [-0.2, 0) is 20.8 Å². The lowest BCUT2D eigenvalue weighted by Gasteiger charge is -2.26. The number of carbonyl (C=O) groups is 2. The SMILES string of the molecule is Cc1c(C(=O)OC2CCCCC2)sc2ncn(CC(=O)OC3CCC(C)CC3)c(=O)c12. The van der Waals surface area contributed by atoms with Gasteiger partial charge in [0.1, 0.15) is 28.5 Å². The van der Waals surface area contributed by atoms with Crippen molar-refractivity contribution >= 4 is 33.5 Å². The molecule has 2 heterocycles. The predicted octanol–water partition coefficient (Wildman–Crippen LogP) is 4.38. The van der Waals surface area contributed by atoms with E-state index in [0.29, 0.717) is 26.6 Å². The van der Waals surface area contributed by atoms with Crippen LogP contribution < -0.4 is 5.56 Å². The summed E-state index contributed by atoms with van der Waals surface area (Å²) in [5.74, 6) is -0.137. The first-order valence-corrected chi connectivity index (χ1v) is 12.1. The van der Waals surface area contributed by atoms with Crippen LogP contribution in [0.1, 0.15) is 79.9 Å². The molecule has 0 bridgehead atoms. The number of ether oxygens (including phenoxy) is 2. The zero-order valence-electron chi connectivity index (χ0n) is 18.2. The van der Waals surface area contributed by atoms with Crippen LogP contribution in [0.5, 0.6) is 0 Å². The normalized spacial score (nSPS) is 22.4. The predicted molar refractivity (Wildman–Crippen MR) is 118 cm³/mol. The van der Waals surface area contributed by atoms with E-state index in [1.807, 2.05) is 0 Å². The van der Waals surface area contributed by atoms with Gasteiger partial charge in [-0.1, -0.05) is 13.3 Å². The van der Waals surface area contributed by atoms with E-state index in [9.17, 15) is 14.4 Å². The monoisotopic (exact) mass is 446 g/mol. The average Bonchev–Trinajstić information content (AvgIpc) is 3.10. The third-order valence-electron chi connectivity index (χ3n) is 6.49. The minimum absolute atomic E-state index is 0.0481. The zero-order chi connectivity index (χ0) is 22.0. The maximum Gasteiger partial charge on any atom is 0.348 e. The molecule has 2 aliphatic carbocycles. The largest absolute Gasteiger partial charge is 0.461 e. The van der Waals surface area contributed by atoms with Gasteiger partial charge in [0.2, 0.25) is 0 Å². The summed E-state index contributed by atoms with van der Waals surface area (Å²) in [5, 5.41) is 0.377. The Morgan fingerprint density at radius 3 is 2.45 bits per heavy atom. The molecule has 2 aliphatic rings. The summed E-state index contributed by atoms with van der Waals surface area (Å²) < 4.78 is 12.5. The number of hydrogen-bond acceptors (Lipinski definition) is 7. The topological polar surface area (TPSA) is 87.5 Å². The van der Waals surface area contributed by atoms with Gasteiger partial charge in [0.25, 0.3) is 5.56 Å². The van der Waals surface area contributed by atoms with Gasteiger partial charge in [-0.3, -0.25) is 14.2 Å². The number of aryl methyl sites for hydroxylation is 1. The van der Waals surface area contributed by atoms with E-state index in [-0.39, 0.29) is 30.3 Å². The molecule has 2 aromatic heterocycles. The molecule has 0 spiro atoms. The second-order valence-electron chi connectivity index (χ2n) is 8.95. The summed E-state index contributed by atoms with van der Waals surface area (Å²) in [5.41, 5.74) is 0.243. The van der Waals surface area contributed by atoms with Gasteiger partial charge in [-0.15, -0.1) is 11.3 Å². The Morgan fingerprint density at radius 1 is 1.06 bits per heavy atom. The standard InChI is InChI=1S/C23H30N2O5S/c1-14-8-10-17(11-9-14)29-18(26)12-25-13-24-21-19(22(25)27)15(2)20(31-21)23(28)30-16-6-4-3-5-7-16/h13-14,16-17H,3-12H2,1-2H3. The van der Waals surface area contributed by atoms with Crippen molar-refractivity contribution in [2.45, 2.75) is 90.4 Å². The molecule has 7 nitrogen and oxygen atoms in total. The van der Waals surface area contributed by atoms with Crippen LogP contribution in [0, 0.1) is 12.8 Å². The highest BCUT2D eigenvalue weighted by molar-refractivity contribution is 7.20. The highest BCUT2D eigenvalue weighted by Crippen LogP contribution is 2.29. The third kappa shape index (κ3) is 5.00. The lowest BCUT2D eigenvalue weighted by Crippen LogP contribution is -2.29. The Bertz CT molecular complexity index is 1010. The molecular formula is C23H30N2O5S. The Hall–Kier alpha value is -2.22. The van der Waals surface area contributed by atoms with E-state index in [1.54, 1.807) is 6.92 Å². The van der Waals surface area contributed by atoms with Gasteiger partial charge in [0, 0.05) is 0 Å². The number of nitrogens with zero attached hydrogens (tertiary/aromatic N) is 2. The second kappa shape index (κ2) is 9.51. The Kier molecular flexibility index (Phi) is 6.74. The smallest absolute Gasteiger partial charge is 0.348 e. The minimum atomic E-state index is -0.424. The van der Waals surface area contributed by atoms with Gasteiger partial charge in [-0.2, -0.15) is 0 Å². The lowest BCUT2D eigenvalue weighted by molar-refractivity contribution is -0.151. The summed E-state index contributed by atoms with van der Waals surface area (Å²) in [7, 11) is 0. The molecular weight excluding hydrogens is 416 g/mol. The zero-order valence-corrected chi connectivity index (χ0v) is 19.0. The quantitative estimate of drug-likeness (QED) is 0.634. The molecule has 0 N–H and O–H groups in total. The number of aromatic nitrogens is 2. The van der Waals surface area contributed by atoms with Crippen LogP contribution in [0.3, 0.4) is 0 Å². The van der Waals surface area contributed by atoms with Gasteiger partial charge in [0.15, 0.2) is 0 Å². The molecule has 168 valence electrons. The van der Waals surface area contributed by atoms with Crippen molar-refractivity contribution in [1.82, 2.24) is 9.55 Å². The molecule has 0 radical (unpaired) electrons. The van der Waals surface area contributed by atoms with E-state index in [2.05, 4.69) is 11.9 Å². The first kappa shape index (κ1) is 22.0. The molecule has 2 saturated carbocycles. The molecule has 0 unspecified atom stereocenters. The van der Waals surface area contributed by atoms with E-state index in [0.717, 1.165) is 51.4 Å². The van der Waals surface area contributed by atoms with Gasteiger partial charge < -0.3 is 9.47 Å². The Balaban J connectivity index is 1.48. The molecule has 31 heavy (non-hydrogen) atoms. The molecule has 0 atom stereocenters. The van der Waals surface area contributed by atoms with Crippen LogP contribution in [0.2, 0.25) is 0 Å². The summed E-state index contributed by atoms with van der Waals surface area (Å²) in [6, 6.07) is 0. The molecule has 0 aromatic carbocycles. The van der Waals surface area contributed by atoms with Gasteiger partial charge in [-0.25, -0.2) is 9.78 Å². The third-order valence-corrected chi connectivity index (χ3v) is 7.67. The fraction of sp³-hybridized carbons (Fsp3) is 0.652. The van der Waals surface area contributed by atoms with Crippen LogP contribution in [0.4, 0.5) is 0 Å². The number of esters is 2. The number of hydrogen-bond donors (Lipinski definition) is 0. The fourth-order valence-electron chi connectivity index (χ4n) is 4.56. The van der Waals surface area contributed by atoms with Crippen molar-refractivity contribution in [3.05, 3.63) is 27.1 Å². The van der Waals surface area contributed by atoms with Crippen LogP contribution in [0.25, 0.3) is 10.2 Å². The molecule has 2 aromatic rings. The van der Waals surface area contributed by atoms with Crippen LogP contribution in [-0.4, -0.2) is 33.7 Å². The summed E-state index contributed by atoms with van der Waals surface area (Å²) in [6.07, 6.45) is 10.2. The van der Waals surface area contributed by atoms with Crippen molar-refractivity contribution in [2.24, 2.45) is 5.92 Å². The maximum atomic E-state index is 13.0. The van der Waals surface area contributed by atoms with E-state index < -0.39 is 5.97 Å². The molecule has 2 fully saturated rings. The number of carbonyl (C=O) groups excluding carboxylic acids is 2.